The molecule has 0 aliphatic rings. The Kier molecular flexibility index (Phi) is 4.17. The standard InChI is InChI=1S/C21H24Si/c1-4-22(2,3)21(18-11-6-5-7-12-18)20-15-14-17-10-8-9-13-19(17)16-20/h5-16,21H,4H2,1-3H3. The van der Waals surface area contributed by atoms with Crippen LogP contribution < -0.4 is 0 Å². The van der Waals surface area contributed by atoms with E-state index in [1.807, 2.05) is 0 Å². The Labute approximate surface area is 134 Å². The maximum absolute atomic E-state index is 2.51. The fourth-order valence-corrected chi connectivity index (χ4v) is 5.92. The molecule has 0 saturated carbocycles. The first-order chi connectivity index (χ1) is 10.6. The van der Waals surface area contributed by atoms with Crippen LogP contribution in [-0.4, -0.2) is 8.07 Å². The molecule has 22 heavy (non-hydrogen) atoms. The summed E-state index contributed by atoms with van der Waals surface area (Å²) in [5.74, 6) is 0. The molecule has 0 aliphatic carbocycles. The van der Waals surface area contributed by atoms with E-state index in [0.717, 1.165) is 0 Å². The molecule has 1 heteroatoms. The van der Waals surface area contributed by atoms with Crippen molar-refractivity contribution in [1.29, 1.82) is 0 Å². The average molecular weight is 305 g/mol. The van der Waals surface area contributed by atoms with Gasteiger partial charge in [-0.1, -0.05) is 98.9 Å². The summed E-state index contributed by atoms with van der Waals surface area (Å²) < 4.78 is 0. The van der Waals surface area contributed by atoms with Gasteiger partial charge < -0.3 is 0 Å². The Hall–Kier alpha value is -1.86. The minimum atomic E-state index is -1.38. The first-order valence-electron chi connectivity index (χ1n) is 8.15. The second kappa shape index (κ2) is 6.10. The molecule has 0 aliphatic heterocycles. The summed E-state index contributed by atoms with van der Waals surface area (Å²) in [6, 6.07) is 28.0. The number of rotatable bonds is 4. The summed E-state index contributed by atoms with van der Waals surface area (Å²) in [6.45, 7) is 7.38. The van der Waals surface area contributed by atoms with Crippen molar-refractivity contribution >= 4 is 18.8 Å². The molecule has 3 aromatic rings. The molecule has 0 fully saturated rings. The third-order valence-electron chi connectivity index (χ3n) is 4.93. The summed E-state index contributed by atoms with van der Waals surface area (Å²) in [7, 11) is -1.38. The van der Waals surface area contributed by atoms with Crippen molar-refractivity contribution in [3.8, 4) is 0 Å². The van der Waals surface area contributed by atoms with Crippen molar-refractivity contribution in [3.63, 3.8) is 0 Å². The maximum atomic E-state index is 2.51. The molecule has 3 rings (SSSR count). The van der Waals surface area contributed by atoms with Gasteiger partial charge in [0.05, 0.1) is 8.07 Å². The van der Waals surface area contributed by atoms with E-state index in [-0.39, 0.29) is 0 Å². The molecule has 1 unspecified atom stereocenters. The zero-order chi connectivity index (χ0) is 15.6. The molecule has 1 atom stereocenters. The molecular weight excluding hydrogens is 280 g/mol. The normalized spacial score (nSPS) is 13.2. The number of hydrogen-bond acceptors (Lipinski definition) is 0. The van der Waals surface area contributed by atoms with E-state index in [2.05, 4.69) is 92.8 Å². The lowest BCUT2D eigenvalue weighted by Crippen LogP contribution is -2.34. The topological polar surface area (TPSA) is 0 Å². The smallest absolute Gasteiger partial charge is 0.0601 e. The Balaban J connectivity index is 2.15. The van der Waals surface area contributed by atoms with E-state index in [1.54, 1.807) is 0 Å². The lowest BCUT2D eigenvalue weighted by molar-refractivity contribution is 1.05. The second-order valence-electron chi connectivity index (χ2n) is 6.79. The summed E-state index contributed by atoms with van der Waals surface area (Å²) in [6.07, 6.45) is 0. The Morgan fingerprint density at radius 2 is 1.36 bits per heavy atom. The third kappa shape index (κ3) is 2.86. The van der Waals surface area contributed by atoms with Crippen LogP contribution in [0.15, 0.2) is 72.8 Å². The van der Waals surface area contributed by atoms with Gasteiger partial charge in [0.2, 0.25) is 0 Å². The monoisotopic (exact) mass is 304 g/mol. The average Bonchev–Trinajstić information content (AvgIpc) is 2.56. The van der Waals surface area contributed by atoms with Crippen LogP contribution in [0.25, 0.3) is 10.8 Å². The van der Waals surface area contributed by atoms with Crippen LogP contribution in [0.4, 0.5) is 0 Å². The van der Waals surface area contributed by atoms with Crippen LogP contribution in [0.5, 0.6) is 0 Å². The molecule has 0 heterocycles. The largest absolute Gasteiger partial charge is 0.0686 e. The van der Waals surface area contributed by atoms with Gasteiger partial charge in [-0.05, 0) is 21.9 Å². The quantitative estimate of drug-likeness (QED) is 0.500. The second-order valence-corrected chi connectivity index (χ2v) is 12.1. The predicted molar refractivity (Wildman–Crippen MR) is 100 cm³/mol. The van der Waals surface area contributed by atoms with Crippen LogP contribution in [0.1, 0.15) is 23.6 Å². The SMILES string of the molecule is CC[Si](C)(C)C(c1ccccc1)c1ccc2ccccc2c1. The Morgan fingerprint density at radius 1 is 0.727 bits per heavy atom. The van der Waals surface area contributed by atoms with Crippen molar-refractivity contribution in [2.75, 3.05) is 0 Å². The highest BCUT2D eigenvalue weighted by atomic mass is 28.3. The van der Waals surface area contributed by atoms with E-state index >= 15 is 0 Å². The van der Waals surface area contributed by atoms with E-state index in [4.69, 9.17) is 0 Å². The zero-order valence-electron chi connectivity index (χ0n) is 13.7. The first-order valence-corrected chi connectivity index (χ1v) is 11.4. The van der Waals surface area contributed by atoms with Gasteiger partial charge in [0.15, 0.2) is 0 Å². The van der Waals surface area contributed by atoms with Gasteiger partial charge in [-0.15, -0.1) is 0 Å². The molecule has 0 N–H and O–H groups in total. The van der Waals surface area contributed by atoms with Crippen LogP contribution in [-0.2, 0) is 0 Å². The van der Waals surface area contributed by atoms with E-state index in [0.29, 0.717) is 5.54 Å². The molecule has 112 valence electrons. The van der Waals surface area contributed by atoms with Crippen molar-refractivity contribution in [3.05, 3.63) is 83.9 Å². The van der Waals surface area contributed by atoms with Gasteiger partial charge >= 0.3 is 0 Å². The lowest BCUT2D eigenvalue weighted by Gasteiger charge is -2.33. The lowest BCUT2D eigenvalue weighted by atomic mass is 10.0. The van der Waals surface area contributed by atoms with Crippen molar-refractivity contribution in [2.24, 2.45) is 0 Å². The number of hydrogen-bond donors (Lipinski definition) is 0. The Morgan fingerprint density at radius 3 is 2.05 bits per heavy atom. The molecule has 0 radical (unpaired) electrons. The molecule has 3 aromatic carbocycles. The molecule has 0 saturated heterocycles. The summed E-state index contributed by atoms with van der Waals surface area (Å²) >= 11 is 0. The summed E-state index contributed by atoms with van der Waals surface area (Å²) in [5.41, 5.74) is 3.50. The highest BCUT2D eigenvalue weighted by Gasteiger charge is 2.32. The van der Waals surface area contributed by atoms with Gasteiger partial charge in [0.1, 0.15) is 0 Å². The third-order valence-corrected chi connectivity index (χ3v) is 8.98. The van der Waals surface area contributed by atoms with Crippen LogP contribution >= 0.6 is 0 Å². The van der Waals surface area contributed by atoms with Crippen LogP contribution in [0.3, 0.4) is 0 Å². The fourth-order valence-electron chi connectivity index (χ4n) is 3.33. The molecule has 0 aromatic heterocycles. The molecule has 0 bridgehead atoms. The van der Waals surface area contributed by atoms with Gasteiger partial charge in [-0.25, -0.2) is 0 Å². The maximum Gasteiger partial charge on any atom is 0.0601 e. The highest BCUT2D eigenvalue weighted by Crippen LogP contribution is 2.37. The number of fused-ring (bicyclic) bond motifs is 1. The van der Waals surface area contributed by atoms with E-state index in [1.165, 1.54) is 27.9 Å². The first kappa shape index (κ1) is 15.0. The predicted octanol–water partition coefficient (Wildman–Crippen LogP) is 6.24. The zero-order valence-corrected chi connectivity index (χ0v) is 14.7. The van der Waals surface area contributed by atoms with Gasteiger partial charge in [0.25, 0.3) is 0 Å². The Bertz CT molecular complexity index is 759. The fraction of sp³-hybridized carbons (Fsp3) is 0.238. The minimum Gasteiger partial charge on any atom is -0.0686 e. The van der Waals surface area contributed by atoms with Crippen molar-refractivity contribution in [2.45, 2.75) is 31.6 Å². The van der Waals surface area contributed by atoms with Gasteiger partial charge in [-0.3, -0.25) is 0 Å². The molecular formula is C21H24Si. The highest BCUT2D eigenvalue weighted by molar-refractivity contribution is 6.79. The van der Waals surface area contributed by atoms with Crippen LogP contribution in [0.2, 0.25) is 19.1 Å². The molecule has 0 nitrogen and oxygen atoms in total. The minimum absolute atomic E-state index is 0.559. The molecule has 0 amide bonds. The summed E-state index contributed by atoms with van der Waals surface area (Å²) in [5, 5.41) is 2.68. The van der Waals surface area contributed by atoms with E-state index in [9.17, 15) is 0 Å². The van der Waals surface area contributed by atoms with Gasteiger partial charge in [-0.2, -0.15) is 0 Å². The van der Waals surface area contributed by atoms with Crippen LogP contribution in [0, 0.1) is 0 Å². The van der Waals surface area contributed by atoms with Crippen molar-refractivity contribution < 1.29 is 0 Å². The van der Waals surface area contributed by atoms with Crippen molar-refractivity contribution in [1.82, 2.24) is 0 Å². The molecule has 0 spiro atoms. The summed E-state index contributed by atoms with van der Waals surface area (Å²) in [4.78, 5) is 0. The van der Waals surface area contributed by atoms with Gasteiger partial charge in [0, 0.05) is 5.54 Å². The van der Waals surface area contributed by atoms with E-state index < -0.39 is 8.07 Å². The number of benzene rings is 3.